The van der Waals surface area contributed by atoms with E-state index in [2.05, 4.69) is 30.2 Å². The van der Waals surface area contributed by atoms with Crippen molar-refractivity contribution in [3.05, 3.63) is 60.5 Å². The van der Waals surface area contributed by atoms with Gasteiger partial charge in [0.15, 0.2) is 17.5 Å². The summed E-state index contributed by atoms with van der Waals surface area (Å²) < 4.78 is 5.55. The minimum absolute atomic E-state index is 0.0227. The maximum absolute atomic E-state index is 13.5. The highest BCUT2D eigenvalue weighted by atomic mass is 16.4. The van der Waals surface area contributed by atoms with E-state index in [1.807, 2.05) is 31.2 Å². The molecule has 0 saturated carbocycles. The number of amides is 2. The molecule has 1 unspecified atom stereocenters. The highest BCUT2D eigenvalue weighted by Crippen LogP contribution is 2.40. The highest BCUT2D eigenvalue weighted by molar-refractivity contribution is 6.04. The summed E-state index contributed by atoms with van der Waals surface area (Å²) in [5.74, 6) is 1.89. The van der Waals surface area contributed by atoms with Gasteiger partial charge in [0.05, 0.1) is 23.6 Å². The number of pyridine rings is 2. The van der Waals surface area contributed by atoms with Gasteiger partial charge in [-0.2, -0.15) is 0 Å². The molecule has 0 spiro atoms. The van der Waals surface area contributed by atoms with E-state index in [0.29, 0.717) is 23.2 Å². The molecule has 170 valence electrons. The van der Waals surface area contributed by atoms with Gasteiger partial charge in [0, 0.05) is 43.7 Å². The van der Waals surface area contributed by atoms with E-state index in [-0.39, 0.29) is 18.0 Å². The molecule has 6 rings (SSSR count). The Morgan fingerprint density at radius 3 is 2.76 bits per heavy atom. The average molecular weight is 454 g/mol. The van der Waals surface area contributed by atoms with Crippen LogP contribution in [0.25, 0.3) is 22.7 Å². The van der Waals surface area contributed by atoms with Crippen molar-refractivity contribution in [1.82, 2.24) is 24.9 Å². The number of oxazole rings is 1. The normalized spacial score (nSPS) is 16.5. The summed E-state index contributed by atoms with van der Waals surface area (Å²) in [7, 11) is 0. The van der Waals surface area contributed by atoms with Gasteiger partial charge in [-0.15, -0.1) is 0 Å². The van der Waals surface area contributed by atoms with Crippen molar-refractivity contribution in [3.8, 4) is 22.7 Å². The second kappa shape index (κ2) is 7.91. The molecule has 1 saturated heterocycles. The van der Waals surface area contributed by atoms with Crippen LogP contribution in [0.4, 0.5) is 22.2 Å². The fourth-order valence-electron chi connectivity index (χ4n) is 4.53. The first-order valence-electron chi connectivity index (χ1n) is 11.1. The van der Waals surface area contributed by atoms with Crippen LogP contribution in [0.3, 0.4) is 0 Å². The topological polar surface area (TPSA) is 113 Å². The monoisotopic (exact) mass is 454 g/mol. The van der Waals surface area contributed by atoms with Crippen LogP contribution in [0, 0.1) is 13.8 Å². The summed E-state index contributed by atoms with van der Waals surface area (Å²) in [6, 6.07) is 9.37. The molecule has 0 radical (unpaired) electrons. The van der Waals surface area contributed by atoms with Crippen LogP contribution in [-0.4, -0.2) is 50.1 Å². The molecule has 10 heteroatoms. The number of aryl methyl sites for hydroxylation is 2. The lowest BCUT2D eigenvalue weighted by molar-refractivity contribution is 0.254. The molecule has 1 N–H and O–H groups in total. The van der Waals surface area contributed by atoms with Crippen molar-refractivity contribution >= 4 is 23.5 Å². The lowest BCUT2D eigenvalue weighted by atomic mass is 10.1. The zero-order chi connectivity index (χ0) is 23.2. The zero-order valence-corrected chi connectivity index (χ0v) is 18.8. The Bertz CT molecular complexity index is 1400. The first-order chi connectivity index (χ1) is 16.5. The number of fused-ring (bicyclic) bond motifs is 4. The second-order valence-electron chi connectivity index (χ2n) is 8.42. The van der Waals surface area contributed by atoms with Crippen molar-refractivity contribution < 1.29 is 9.21 Å². The molecule has 1 atom stereocenters. The number of rotatable bonds is 3. The van der Waals surface area contributed by atoms with Gasteiger partial charge in [-0.25, -0.2) is 24.7 Å². The third kappa shape index (κ3) is 3.53. The minimum Gasteiger partial charge on any atom is -0.439 e. The van der Waals surface area contributed by atoms with Crippen LogP contribution in [-0.2, 0) is 0 Å². The standard InChI is InChI=1S/C24H22N8O2/c1-14-11-16(5-8-25-14)18-3-4-20-22(28-18)32(17-7-10-31(20)13-17)24(33)30-23-26-9-6-19(29-23)21-12-27-15(2)34-21/h3-6,8-9,11-12,17H,7,10,13H2,1-2H3,(H,26,29,30,33). The van der Waals surface area contributed by atoms with Gasteiger partial charge >= 0.3 is 6.03 Å². The van der Waals surface area contributed by atoms with E-state index in [1.54, 1.807) is 36.5 Å². The fraction of sp³-hybridized carbons (Fsp3) is 0.250. The SMILES string of the molecule is Cc1cc(-c2ccc3c(n2)N(C(=O)Nc2nccc(-c4cnc(C)o4)n2)C2CCN3C2)ccn1. The van der Waals surface area contributed by atoms with Crippen molar-refractivity contribution in [3.63, 3.8) is 0 Å². The Kier molecular flexibility index (Phi) is 4.72. The van der Waals surface area contributed by atoms with Crippen LogP contribution in [0.5, 0.6) is 0 Å². The number of carbonyl (C=O) groups excluding carboxylic acids is 1. The average Bonchev–Trinajstić information content (AvgIpc) is 3.46. The molecule has 2 aliphatic heterocycles. The van der Waals surface area contributed by atoms with Crippen LogP contribution < -0.4 is 15.1 Å². The molecular weight excluding hydrogens is 432 g/mol. The second-order valence-corrected chi connectivity index (χ2v) is 8.42. The number of anilines is 3. The predicted octanol–water partition coefficient (Wildman–Crippen LogP) is 3.84. The number of hydrogen-bond acceptors (Lipinski definition) is 8. The molecule has 1 fully saturated rings. The third-order valence-electron chi connectivity index (χ3n) is 6.11. The van der Waals surface area contributed by atoms with E-state index in [9.17, 15) is 4.79 Å². The van der Waals surface area contributed by atoms with E-state index in [1.165, 1.54) is 0 Å². The van der Waals surface area contributed by atoms with Crippen LogP contribution in [0.1, 0.15) is 18.0 Å². The lowest BCUT2D eigenvalue weighted by Gasteiger charge is -2.35. The smallest absolute Gasteiger partial charge is 0.330 e. The highest BCUT2D eigenvalue weighted by Gasteiger charge is 2.40. The molecule has 2 amide bonds. The molecule has 0 aliphatic carbocycles. The summed E-state index contributed by atoms with van der Waals surface area (Å²) in [4.78, 5) is 39.5. The Morgan fingerprint density at radius 1 is 1.06 bits per heavy atom. The first-order valence-corrected chi connectivity index (χ1v) is 11.1. The summed E-state index contributed by atoms with van der Waals surface area (Å²) in [5.41, 5.74) is 4.16. The quantitative estimate of drug-likeness (QED) is 0.497. The van der Waals surface area contributed by atoms with Crippen molar-refractivity contribution in [2.75, 3.05) is 28.2 Å². The van der Waals surface area contributed by atoms with Gasteiger partial charge in [0.25, 0.3) is 0 Å². The Balaban J connectivity index is 1.33. The molecule has 4 aromatic heterocycles. The molecule has 10 nitrogen and oxygen atoms in total. The fourth-order valence-corrected chi connectivity index (χ4v) is 4.53. The Labute approximate surface area is 195 Å². The maximum atomic E-state index is 13.5. The van der Waals surface area contributed by atoms with Gasteiger partial charge in [-0.3, -0.25) is 15.2 Å². The summed E-state index contributed by atoms with van der Waals surface area (Å²) in [6.45, 7) is 5.37. The van der Waals surface area contributed by atoms with E-state index < -0.39 is 0 Å². The minimum atomic E-state index is -0.311. The Morgan fingerprint density at radius 2 is 1.94 bits per heavy atom. The van der Waals surface area contributed by atoms with Crippen molar-refractivity contribution in [2.24, 2.45) is 0 Å². The van der Waals surface area contributed by atoms with Crippen molar-refractivity contribution in [2.45, 2.75) is 26.3 Å². The summed E-state index contributed by atoms with van der Waals surface area (Å²) in [6.07, 6.45) is 5.82. The summed E-state index contributed by atoms with van der Waals surface area (Å²) in [5, 5.41) is 2.85. The number of nitrogens with one attached hydrogen (secondary N) is 1. The number of carbonyl (C=O) groups is 1. The molecule has 6 heterocycles. The van der Waals surface area contributed by atoms with Gasteiger partial charge in [-0.05, 0) is 43.7 Å². The van der Waals surface area contributed by atoms with Gasteiger partial charge < -0.3 is 9.32 Å². The predicted molar refractivity (Wildman–Crippen MR) is 127 cm³/mol. The number of nitrogens with zero attached hydrogens (tertiary/aromatic N) is 7. The first kappa shape index (κ1) is 20.3. The van der Waals surface area contributed by atoms with Gasteiger partial charge in [0.1, 0.15) is 5.69 Å². The molecule has 2 aliphatic rings. The molecule has 34 heavy (non-hydrogen) atoms. The van der Waals surface area contributed by atoms with Gasteiger partial charge in [0.2, 0.25) is 5.95 Å². The van der Waals surface area contributed by atoms with Crippen LogP contribution in [0.15, 0.2) is 53.3 Å². The third-order valence-corrected chi connectivity index (χ3v) is 6.11. The number of hydrogen-bond donors (Lipinski definition) is 1. The number of aromatic nitrogens is 5. The molecular formula is C24H22N8O2. The van der Waals surface area contributed by atoms with Crippen molar-refractivity contribution in [1.29, 1.82) is 0 Å². The van der Waals surface area contributed by atoms with Crippen LogP contribution in [0.2, 0.25) is 0 Å². The van der Waals surface area contributed by atoms with Gasteiger partial charge in [-0.1, -0.05) is 0 Å². The van der Waals surface area contributed by atoms with Crippen LogP contribution >= 0.6 is 0 Å². The Hall–Kier alpha value is -4.34. The molecule has 4 aromatic rings. The maximum Gasteiger partial charge on any atom is 0.330 e. The lowest BCUT2D eigenvalue weighted by Crippen LogP contribution is -2.48. The largest absolute Gasteiger partial charge is 0.439 e. The molecule has 2 bridgehead atoms. The summed E-state index contributed by atoms with van der Waals surface area (Å²) >= 11 is 0. The molecule has 0 aromatic carbocycles. The van der Waals surface area contributed by atoms with E-state index >= 15 is 0 Å². The van der Waals surface area contributed by atoms with E-state index in [0.717, 1.165) is 42.1 Å². The van der Waals surface area contributed by atoms with E-state index in [4.69, 9.17) is 9.40 Å². The zero-order valence-electron chi connectivity index (χ0n) is 18.8. The number of urea groups is 1.